The Balaban J connectivity index is 1.74. The van der Waals surface area contributed by atoms with E-state index in [-0.39, 0.29) is 29.4 Å². The Bertz CT molecular complexity index is 521. The van der Waals surface area contributed by atoms with Crippen molar-refractivity contribution in [2.45, 2.75) is 25.4 Å². The molecule has 2 saturated heterocycles. The molecule has 2 aliphatic heterocycles. The predicted octanol–water partition coefficient (Wildman–Crippen LogP) is 1.54. The normalized spacial score (nSPS) is 26.2. The smallest absolute Gasteiger partial charge is 0.224 e. The molecule has 2 heterocycles. The number of hydrogen-bond donors (Lipinski definition) is 1. The van der Waals surface area contributed by atoms with E-state index in [1.807, 2.05) is 6.07 Å². The summed E-state index contributed by atoms with van der Waals surface area (Å²) in [5.74, 6) is 0.203. The van der Waals surface area contributed by atoms with Crippen LogP contribution in [0.5, 0.6) is 5.75 Å². The van der Waals surface area contributed by atoms with Gasteiger partial charge in [0.15, 0.2) is 11.6 Å². The SMILES string of the molecule is COc1ccc(CN2CCC[C@H]3C(=O)NC[C@H]32)cc1F. The molecule has 0 unspecified atom stereocenters. The predicted molar refractivity (Wildman–Crippen MR) is 72.9 cm³/mol. The van der Waals surface area contributed by atoms with Gasteiger partial charge in [0, 0.05) is 19.1 Å². The number of methoxy groups -OCH3 is 1. The van der Waals surface area contributed by atoms with Gasteiger partial charge in [0.25, 0.3) is 0 Å². The second-order valence-electron chi connectivity index (χ2n) is 5.50. The minimum atomic E-state index is -0.334. The zero-order chi connectivity index (χ0) is 14.1. The van der Waals surface area contributed by atoms with Gasteiger partial charge in [-0.3, -0.25) is 9.69 Å². The maximum Gasteiger partial charge on any atom is 0.224 e. The minimum Gasteiger partial charge on any atom is -0.494 e. The first kappa shape index (κ1) is 13.4. The largest absolute Gasteiger partial charge is 0.494 e. The van der Waals surface area contributed by atoms with Crippen LogP contribution in [-0.2, 0) is 11.3 Å². The number of benzene rings is 1. The number of halogens is 1. The van der Waals surface area contributed by atoms with Gasteiger partial charge in [0.05, 0.1) is 13.0 Å². The quantitative estimate of drug-likeness (QED) is 0.912. The summed E-state index contributed by atoms with van der Waals surface area (Å²) in [6.07, 6.45) is 1.98. The number of amides is 1. The molecule has 2 fully saturated rings. The van der Waals surface area contributed by atoms with Gasteiger partial charge in [0.1, 0.15) is 0 Å². The van der Waals surface area contributed by atoms with Crippen molar-refractivity contribution in [3.63, 3.8) is 0 Å². The molecule has 0 bridgehead atoms. The molecule has 0 aromatic heterocycles. The average Bonchev–Trinajstić information content (AvgIpc) is 2.82. The van der Waals surface area contributed by atoms with Gasteiger partial charge in [0.2, 0.25) is 5.91 Å². The molecule has 0 aliphatic carbocycles. The van der Waals surface area contributed by atoms with Gasteiger partial charge in [-0.15, -0.1) is 0 Å². The highest BCUT2D eigenvalue weighted by molar-refractivity contribution is 5.82. The summed E-state index contributed by atoms with van der Waals surface area (Å²) in [6, 6.07) is 5.31. The molecule has 3 rings (SSSR count). The number of fused-ring (bicyclic) bond motifs is 1. The first-order valence-electron chi connectivity index (χ1n) is 7.03. The van der Waals surface area contributed by atoms with E-state index in [0.29, 0.717) is 13.1 Å². The molecule has 108 valence electrons. The highest BCUT2D eigenvalue weighted by Gasteiger charge is 2.40. The van der Waals surface area contributed by atoms with Gasteiger partial charge in [-0.2, -0.15) is 0 Å². The summed E-state index contributed by atoms with van der Waals surface area (Å²) in [5.41, 5.74) is 0.920. The molecule has 0 radical (unpaired) electrons. The highest BCUT2D eigenvalue weighted by Crippen LogP contribution is 2.29. The number of hydrogen-bond acceptors (Lipinski definition) is 3. The van der Waals surface area contributed by atoms with E-state index >= 15 is 0 Å². The zero-order valence-electron chi connectivity index (χ0n) is 11.6. The van der Waals surface area contributed by atoms with Crippen LogP contribution in [0.15, 0.2) is 18.2 Å². The minimum absolute atomic E-state index is 0.104. The number of piperidine rings is 1. The molecule has 1 aromatic rings. The first-order chi connectivity index (χ1) is 9.69. The fraction of sp³-hybridized carbons (Fsp3) is 0.533. The number of carbonyl (C=O) groups is 1. The average molecular weight is 278 g/mol. The van der Waals surface area contributed by atoms with Crippen LogP contribution in [0, 0.1) is 11.7 Å². The van der Waals surface area contributed by atoms with Crippen LogP contribution in [0.2, 0.25) is 0 Å². The summed E-state index contributed by atoms with van der Waals surface area (Å²) in [6.45, 7) is 2.35. The van der Waals surface area contributed by atoms with Crippen molar-refractivity contribution in [3.05, 3.63) is 29.6 Å². The molecule has 2 atom stereocenters. The van der Waals surface area contributed by atoms with Crippen LogP contribution in [-0.4, -0.2) is 37.0 Å². The molecule has 0 spiro atoms. The van der Waals surface area contributed by atoms with E-state index in [1.54, 1.807) is 6.07 Å². The Morgan fingerprint density at radius 2 is 2.35 bits per heavy atom. The fourth-order valence-corrected chi connectivity index (χ4v) is 3.28. The third kappa shape index (κ3) is 2.38. The number of carbonyl (C=O) groups excluding carboxylic acids is 1. The van der Waals surface area contributed by atoms with Crippen LogP contribution in [0.25, 0.3) is 0 Å². The molecule has 0 saturated carbocycles. The monoisotopic (exact) mass is 278 g/mol. The van der Waals surface area contributed by atoms with Gasteiger partial charge < -0.3 is 10.1 Å². The Morgan fingerprint density at radius 3 is 3.10 bits per heavy atom. The number of nitrogens with one attached hydrogen (secondary N) is 1. The lowest BCUT2D eigenvalue weighted by Crippen LogP contribution is -2.44. The Morgan fingerprint density at radius 1 is 1.50 bits per heavy atom. The second kappa shape index (κ2) is 5.40. The highest BCUT2D eigenvalue weighted by atomic mass is 19.1. The molecule has 1 N–H and O–H groups in total. The molecule has 4 nitrogen and oxygen atoms in total. The van der Waals surface area contributed by atoms with Crippen LogP contribution >= 0.6 is 0 Å². The van der Waals surface area contributed by atoms with Crippen molar-refractivity contribution in [3.8, 4) is 5.75 Å². The Kier molecular flexibility index (Phi) is 3.61. The van der Waals surface area contributed by atoms with Gasteiger partial charge in [-0.05, 0) is 37.1 Å². The van der Waals surface area contributed by atoms with Gasteiger partial charge in [-0.1, -0.05) is 6.07 Å². The molecule has 5 heteroatoms. The van der Waals surface area contributed by atoms with E-state index in [9.17, 15) is 9.18 Å². The number of ether oxygens (including phenoxy) is 1. The summed E-state index contributed by atoms with van der Waals surface area (Å²) in [5, 5.41) is 2.93. The first-order valence-corrected chi connectivity index (χ1v) is 7.03. The van der Waals surface area contributed by atoms with Crippen LogP contribution < -0.4 is 10.1 Å². The maximum atomic E-state index is 13.7. The summed E-state index contributed by atoms with van der Waals surface area (Å²) in [7, 11) is 1.46. The molecular weight excluding hydrogens is 259 g/mol. The van der Waals surface area contributed by atoms with E-state index in [2.05, 4.69) is 10.2 Å². The third-order valence-electron chi connectivity index (χ3n) is 4.32. The lowest BCUT2D eigenvalue weighted by Gasteiger charge is -2.35. The molecular formula is C15H19FN2O2. The molecule has 2 aliphatic rings. The number of nitrogens with zero attached hydrogens (tertiary/aromatic N) is 1. The second-order valence-corrected chi connectivity index (χ2v) is 5.50. The van der Waals surface area contributed by atoms with E-state index < -0.39 is 0 Å². The lowest BCUT2D eigenvalue weighted by atomic mass is 9.91. The van der Waals surface area contributed by atoms with Crippen molar-refractivity contribution in [2.75, 3.05) is 20.2 Å². The molecule has 1 amide bonds. The maximum absolute atomic E-state index is 13.7. The molecule has 20 heavy (non-hydrogen) atoms. The summed E-state index contributed by atoms with van der Waals surface area (Å²) in [4.78, 5) is 14.0. The van der Waals surface area contributed by atoms with Crippen LogP contribution in [0.3, 0.4) is 0 Å². The van der Waals surface area contributed by atoms with Crippen molar-refractivity contribution in [1.29, 1.82) is 0 Å². The van der Waals surface area contributed by atoms with Crippen molar-refractivity contribution >= 4 is 5.91 Å². The van der Waals surface area contributed by atoms with Crippen LogP contribution in [0.4, 0.5) is 4.39 Å². The lowest BCUT2D eigenvalue weighted by molar-refractivity contribution is -0.124. The van der Waals surface area contributed by atoms with E-state index in [0.717, 1.165) is 24.9 Å². The van der Waals surface area contributed by atoms with E-state index in [4.69, 9.17) is 4.74 Å². The van der Waals surface area contributed by atoms with Gasteiger partial charge in [-0.25, -0.2) is 4.39 Å². The van der Waals surface area contributed by atoms with Crippen molar-refractivity contribution in [2.24, 2.45) is 5.92 Å². The third-order valence-corrected chi connectivity index (χ3v) is 4.32. The van der Waals surface area contributed by atoms with E-state index in [1.165, 1.54) is 13.2 Å². The van der Waals surface area contributed by atoms with Crippen molar-refractivity contribution < 1.29 is 13.9 Å². The van der Waals surface area contributed by atoms with Crippen LogP contribution in [0.1, 0.15) is 18.4 Å². The number of likely N-dealkylation sites (tertiary alicyclic amines) is 1. The Labute approximate surface area is 117 Å². The fourth-order valence-electron chi connectivity index (χ4n) is 3.28. The number of rotatable bonds is 3. The van der Waals surface area contributed by atoms with Gasteiger partial charge >= 0.3 is 0 Å². The zero-order valence-corrected chi connectivity index (χ0v) is 11.6. The van der Waals surface area contributed by atoms with Crippen molar-refractivity contribution in [1.82, 2.24) is 10.2 Å². The summed E-state index contributed by atoms with van der Waals surface area (Å²) >= 11 is 0. The topological polar surface area (TPSA) is 41.6 Å². The molecule has 1 aromatic carbocycles. The Hall–Kier alpha value is -1.62. The summed E-state index contributed by atoms with van der Waals surface area (Å²) < 4.78 is 18.7. The standard InChI is InChI=1S/C15H19FN2O2/c1-20-14-5-4-10(7-12(14)16)9-18-6-2-3-11-13(18)8-17-15(11)19/h4-5,7,11,13H,2-3,6,8-9H2,1H3,(H,17,19)/t11-,13-/m1/s1.